The molecule has 1 spiro atoms. The maximum absolute atomic E-state index is 4.74. The molecule has 0 saturated carbocycles. The van der Waals surface area contributed by atoms with Gasteiger partial charge < -0.3 is 4.90 Å². The van der Waals surface area contributed by atoms with Gasteiger partial charge in [-0.25, -0.2) is 0 Å². The molecular weight excluding hydrogens is 270 g/mol. The molecule has 3 heterocycles. The first kappa shape index (κ1) is 13.8. The van der Waals surface area contributed by atoms with E-state index in [9.17, 15) is 0 Å². The van der Waals surface area contributed by atoms with E-state index in [1.54, 1.807) is 0 Å². The summed E-state index contributed by atoms with van der Waals surface area (Å²) in [5.41, 5.74) is 4.30. The summed E-state index contributed by atoms with van der Waals surface area (Å²) in [4.78, 5) is 9.80. The minimum atomic E-state index is 0.246. The van der Waals surface area contributed by atoms with Gasteiger partial charge in [0.05, 0.1) is 16.8 Å². The molecule has 3 nitrogen and oxygen atoms in total. The molecule has 114 valence electrons. The summed E-state index contributed by atoms with van der Waals surface area (Å²) >= 11 is 0. The Balaban J connectivity index is 1.53. The van der Waals surface area contributed by atoms with Gasteiger partial charge in [-0.05, 0) is 31.5 Å². The molecule has 0 radical (unpaired) electrons. The van der Waals surface area contributed by atoms with E-state index in [1.807, 2.05) is 6.20 Å². The van der Waals surface area contributed by atoms with Gasteiger partial charge in [0.2, 0.25) is 0 Å². The lowest BCUT2D eigenvalue weighted by molar-refractivity contribution is 0.0648. The third-order valence-corrected chi connectivity index (χ3v) is 5.00. The summed E-state index contributed by atoms with van der Waals surface area (Å²) in [5.74, 6) is 0. The number of fused-ring (bicyclic) bond motifs is 2. The second-order valence-electron chi connectivity index (χ2n) is 7.00. The summed E-state index contributed by atoms with van der Waals surface area (Å²) in [6, 6.07) is 15.6. The Hall–Kier alpha value is -1.87. The van der Waals surface area contributed by atoms with Crippen LogP contribution in [0.5, 0.6) is 0 Å². The van der Waals surface area contributed by atoms with Gasteiger partial charge in [0.1, 0.15) is 0 Å². The molecule has 1 saturated heterocycles. The Labute approximate surface area is 132 Å². The second kappa shape index (κ2) is 5.10. The van der Waals surface area contributed by atoms with Gasteiger partial charge in [0.25, 0.3) is 0 Å². The maximum atomic E-state index is 4.74. The molecule has 3 heteroatoms. The molecule has 1 aromatic heterocycles. The second-order valence-corrected chi connectivity index (χ2v) is 7.00. The van der Waals surface area contributed by atoms with Gasteiger partial charge in [0.15, 0.2) is 0 Å². The molecule has 22 heavy (non-hydrogen) atoms. The van der Waals surface area contributed by atoms with Gasteiger partial charge in [-0.15, -0.1) is 0 Å². The van der Waals surface area contributed by atoms with E-state index in [0.29, 0.717) is 6.04 Å². The smallest absolute Gasteiger partial charge is 0.0741 e. The van der Waals surface area contributed by atoms with Crippen molar-refractivity contribution < 1.29 is 0 Å². The van der Waals surface area contributed by atoms with Crippen molar-refractivity contribution in [2.75, 3.05) is 24.5 Å². The Morgan fingerprint density at radius 3 is 2.55 bits per heavy atom. The Kier molecular flexibility index (Phi) is 3.19. The highest BCUT2D eigenvalue weighted by atomic mass is 15.3. The summed E-state index contributed by atoms with van der Waals surface area (Å²) in [6.07, 6.45) is 1.95. The molecule has 0 unspecified atom stereocenters. The van der Waals surface area contributed by atoms with Crippen molar-refractivity contribution in [3.8, 4) is 0 Å². The van der Waals surface area contributed by atoms with Crippen LogP contribution in [0.4, 0.5) is 5.69 Å². The molecule has 1 aromatic carbocycles. The van der Waals surface area contributed by atoms with Crippen LogP contribution in [0.2, 0.25) is 0 Å². The number of nitrogens with zero attached hydrogens (tertiary/aromatic N) is 3. The van der Waals surface area contributed by atoms with E-state index in [4.69, 9.17) is 4.98 Å². The van der Waals surface area contributed by atoms with Crippen LogP contribution in [0.3, 0.4) is 0 Å². The minimum Gasteiger partial charge on any atom is -0.367 e. The molecule has 2 aromatic rings. The van der Waals surface area contributed by atoms with E-state index in [0.717, 1.165) is 26.2 Å². The van der Waals surface area contributed by atoms with Gasteiger partial charge in [-0.3, -0.25) is 9.88 Å². The van der Waals surface area contributed by atoms with Crippen molar-refractivity contribution in [2.45, 2.75) is 31.8 Å². The van der Waals surface area contributed by atoms with Gasteiger partial charge in [0, 0.05) is 38.4 Å². The zero-order valence-electron chi connectivity index (χ0n) is 13.4. The van der Waals surface area contributed by atoms with Crippen molar-refractivity contribution >= 4 is 5.69 Å². The highest BCUT2D eigenvalue weighted by molar-refractivity contribution is 5.61. The molecule has 0 atom stereocenters. The predicted molar refractivity (Wildman–Crippen MR) is 90.1 cm³/mol. The van der Waals surface area contributed by atoms with E-state index >= 15 is 0 Å². The van der Waals surface area contributed by atoms with Crippen LogP contribution in [-0.4, -0.2) is 35.6 Å². The average molecular weight is 293 g/mol. The van der Waals surface area contributed by atoms with E-state index in [2.05, 4.69) is 66.1 Å². The lowest BCUT2D eigenvalue weighted by atomic mass is 9.77. The molecule has 4 rings (SSSR count). The average Bonchev–Trinajstić information content (AvgIpc) is 2.84. The number of rotatable bonds is 3. The maximum Gasteiger partial charge on any atom is 0.0741 e. The fraction of sp³-hybridized carbons (Fsp3) is 0.421. The van der Waals surface area contributed by atoms with E-state index < -0.39 is 0 Å². The number of pyridine rings is 1. The third kappa shape index (κ3) is 2.12. The molecule has 0 amide bonds. The van der Waals surface area contributed by atoms with E-state index in [1.165, 1.54) is 16.9 Å². The quantitative estimate of drug-likeness (QED) is 0.867. The van der Waals surface area contributed by atoms with Crippen molar-refractivity contribution in [3.05, 3.63) is 59.9 Å². The SMILES string of the molecule is CC(C)N1CC2(CN(Cc3ccccc3)C2)c2ncccc21. The number of anilines is 1. The summed E-state index contributed by atoms with van der Waals surface area (Å²) < 4.78 is 0. The highest BCUT2D eigenvalue weighted by Crippen LogP contribution is 2.46. The number of hydrogen-bond acceptors (Lipinski definition) is 3. The first-order chi connectivity index (χ1) is 10.7. The van der Waals surface area contributed by atoms with E-state index in [-0.39, 0.29) is 5.41 Å². The van der Waals surface area contributed by atoms with Crippen molar-refractivity contribution in [1.82, 2.24) is 9.88 Å². The molecule has 2 aliphatic heterocycles. The number of aromatic nitrogens is 1. The fourth-order valence-corrected chi connectivity index (χ4v) is 4.00. The number of likely N-dealkylation sites (tertiary alicyclic amines) is 1. The van der Waals surface area contributed by atoms with Crippen molar-refractivity contribution in [1.29, 1.82) is 0 Å². The molecule has 1 fully saturated rings. The van der Waals surface area contributed by atoms with Gasteiger partial charge >= 0.3 is 0 Å². The zero-order chi connectivity index (χ0) is 15.2. The van der Waals surface area contributed by atoms with Crippen LogP contribution in [-0.2, 0) is 12.0 Å². The molecule has 0 bridgehead atoms. The lowest BCUT2D eigenvalue weighted by Crippen LogP contribution is -2.61. The Morgan fingerprint density at radius 2 is 1.82 bits per heavy atom. The fourth-order valence-electron chi connectivity index (χ4n) is 4.00. The van der Waals surface area contributed by atoms with Gasteiger partial charge in [-0.2, -0.15) is 0 Å². The number of benzene rings is 1. The Bertz CT molecular complexity index is 659. The highest BCUT2D eigenvalue weighted by Gasteiger charge is 2.52. The van der Waals surface area contributed by atoms with Crippen LogP contribution >= 0.6 is 0 Å². The topological polar surface area (TPSA) is 19.4 Å². The molecular formula is C19H23N3. The van der Waals surface area contributed by atoms with Crippen LogP contribution < -0.4 is 4.90 Å². The van der Waals surface area contributed by atoms with Crippen molar-refractivity contribution in [2.24, 2.45) is 0 Å². The first-order valence-electron chi connectivity index (χ1n) is 8.16. The minimum absolute atomic E-state index is 0.246. The largest absolute Gasteiger partial charge is 0.367 e. The van der Waals surface area contributed by atoms with Crippen molar-refractivity contribution in [3.63, 3.8) is 0 Å². The Morgan fingerprint density at radius 1 is 1.05 bits per heavy atom. The van der Waals surface area contributed by atoms with Crippen LogP contribution in [0, 0.1) is 0 Å². The van der Waals surface area contributed by atoms with Crippen LogP contribution in [0.15, 0.2) is 48.7 Å². The summed E-state index contributed by atoms with van der Waals surface area (Å²) in [7, 11) is 0. The van der Waals surface area contributed by atoms with Crippen LogP contribution in [0.25, 0.3) is 0 Å². The molecule has 2 aliphatic rings. The van der Waals surface area contributed by atoms with Crippen LogP contribution in [0.1, 0.15) is 25.1 Å². The zero-order valence-corrected chi connectivity index (χ0v) is 13.4. The first-order valence-corrected chi connectivity index (χ1v) is 8.16. The normalized spacial score (nSPS) is 19.5. The lowest BCUT2D eigenvalue weighted by Gasteiger charge is -2.48. The monoisotopic (exact) mass is 293 g/mol. The molecule has 0 N–H and O–H groups in total. The van der Waals surface area contributed by atoms with Gasteiger partial charge in [-0.1, -0.05) is 30.3 Å². The number of hydrogen-bond donors (Lipinski definition) is 0. The molecule has 0 aliphatic carbocycles. The summed E-state index contributed by atoms with van der Waals surface area (Å²) in [5, 5.41) is 0. The third-order valence-electron chi connectivity index (χ3n) is 5.00. The predicted octanol–water partition coefficient (Wildman–Crippen LogP) is 3.06. The summed E-state index contributed by atoms with van der Waals surface area (Å²) in [6.45, 7) is 8.95. The standard InChI is InChI=1S/C19H23N3/c1-15(2)22-14-19(18-17(22)9-6-10-20-18)12-21(13-19)11-16-7-4-3-5-8-16/h3-10,15H,11-14H2,1-2H3.